The van der Waals surface area contributed by atoms with Crippen molar-refractivity contribution in [1.29, 1.82) is 0 Å². The van der Waals surface area contributed by atoms with Gasteiger partial charge in [0.15, 0.2) is 0 Å². The number of methoxy groups -OCH3 is 1. The zero-order chi connectivity index (χ0) is 19.5. The Morgan fingerprint density at radius 2 is 2.04 bits per heavy atom. The molecule has 144 valence electrons. The molecule has 28 heavy (non-hydrogen) atoms. The number of ether oxygens (including phenoxy) is 1. The van der Waals surface area contributed by atoms with Gasteiger partial charge in [0.25, 0.3) is 5.91 Å². The van der Waals surface area contributed by atoms with Gasteiger partial charge in [-0.2, -0.15) is 0 Å². The molecule has 2 heterocycles. The number of rotatable bonds is 6. The average Bonchev–Trinajstić information content (AvgIpc) is 3.34. The number of carbonyl (C=O) groups excluding carboxylic acids is 1. The Labute approximate surface area is 163 Å². The van der Waals surface area contributed by atoms with Gasteiger partial charge in [0.05, 0.1) is 23.9 Å². The van der Waals surface area contributed by atoms with E-state index in [4.69, 9.17) is 9.57 Å². The average molecular weight is 378 g/mol. The van der Waals surface area contributed by atoms with E-state index < -0.39 is 6.10 Å². The number of para-hydroxylation sites is 3. The van der Waals surface area contributed by atoms with Crippen LogP contribution in [0.15, 0.2) is 53.7 Å². The second-order valence-electron chi connectivity index (χ2n) is 6.60. The van der Waals surface area contributed by atoms with Crippen molar-refractivity contribution in [1.82, 2.24) is 9.55 Å². The lowest BCUT2D eigenvalue weighted by atomic mass is 10.0. The van der Waals surface area contributed by atoms with Crippen molar-refractivity contribution in [3.05, 3.63) is 54.1 Å². The van der Waals surface area contributed by atoms with Gasteiger partial charge in [0, 0.05) is 18.5 Å². The molecule has 0 saturated carbocycles. The van der Waals surface area contributed by atoms with Gasteiger partial charge in [-0.15, -0.1) is 0 Å². The maximum Gasteiger partial charge on any atom is 0.271 e. The molecule has 0 fully saturated rings. The second-order valence-corrected chi connectivity index (χ2v) is 6.60. The number of imidazole rings is 1. The van der Waals surface area contributed by atoms with Crippen LogP contribution in [0.2, 0.25) is 0 Å². The Morgan fingerprint density at radius 1 is 1.25 bits per heavy atom. The molecule has 1 aromatic heterocycles. The molecule has 0 spiro atoms. The second kappa shape index (κ2) is 7.72. The summed E-state index contributed by atoms with van der Waals surface area (Å²) in [6.07, 6.45) is 0.611. The number of carbonyl (C=O) groups is 1. The molecule has 1 aliphatic rings. The quantitative estimate of drug-likeness (QED) is 0.711. The van der Waals surface area contributed by atoms with Gasteiger partial charge in [-0.3, -0.25) is 10.1 Å². The highest BCUT2D eigenvalue weighted by molar-refractivity contribution is 6.07. The van der Waals surface area contributed by atoms with Crippen LogP contribution in [0, 0.1) is 0 Å². The van der Waals surface area contributed by atoms with E-state index in [1.165, 1.54) is 0 Å². The molecule has 0 aliphatic carbocycles. The Bertz CT molecular complexity index is 1040. The molecule has 0 radical (unpaired) electrons. The molecule has 1 N–H and O–H groups in total. The molecule has 1 amide bonds. The maximum atomic E-state index is 12.8. The maximum absolute atomic E-state index is 12.8. The molecule has 4 rings (SSSR count). The van der Waals surface area contributed by atoms with Crippen molar-refractivity contribution in [2.75, 3.05) is 12.4 Å². The Balaban J connectivity index is 1.51. The van der Waals surface area contributed by atoms with Crippen LogP contribution in [0.1, 0.15) is 25.3 Å². The van der Waals surface area contributed by atoms with Gasteiger partial charge in [0.1, 0.15) is 5.75 Å². The molecule has 0 saturated heterocycles. The van der Waals surface area contributed by atoms with Crippen molar-refractivity contribution in [2.24, 2.45) is 5.16 Å². The summed E-state index contributed by atoms with van der Waals surface area (Å²) < 4.78 is 7.39. The number of fused-ring (bicyclic) bond motifs is 1. The molecule has 0 bridgehead atoms. The third kappa shape index (κ3) is 3.31. The third-order valence-electron chi connectivity index (χ3n) is 4.72. The van der Waals surface area contributed by atoms with Crippen LogP contribution in [0.25, 0.3) is 11.0 Å². The third-order valence-corrected chi connectivity index (χ3v) is 4.72. The number of nitrogens with one attached hydrogen (secondary N) is 1. The summed E-state index contributed by atoms with van der Waals surface area (Å²) in [6.45, 7) is 2.86. The van der Waals surface area contributed by atoms with Gasteiger partial charge < -0.3 is 14.1 Å². The normalized spacial score (nSPS) is 15.9. The minimum atomic E-state index is -0.699. The van der Waals surface area contributed by atoms with Crippen molar-refractivity contribution >= 4 is 28.6 Å². The smallest absolute Gasteiger partial charge is 0.271 e. The number of hydrogen-bond acceptors (Lipinski definition) is 5. The number of amides is 1. The Hall–Kier alpha value is -3.35. The summed E-state index contributed by atoms with van der Waals surface area (Å²) in [5.41, 5.74) is 3.38. The number of oxime groups is 1. The SMILES string of the molecule is CCCn1c(NC(=O)C2CC(c3ccccc3OC)=NO2)nc2ccccc21. The minimum Gasteiger partial charge on any atom is -0.496 e. The highest BCUT2D eigenvalue weighted by atomic mass is 16.6. The Morgan fingerprint density at radius 3 is 2.86 bits per heavy atom. The fourth-order valence-corrected chi connectivity index (χ4v) is 3.37. The van der Waals surface area contributed by atoms with Crippen molar-refractivity contribution in [2.45, 2.75) is 32.4 Å². The van der Waals surface area contributed by atoms with Crippen LogP contribution < -0.4 is 10.1 Å². The zero-order valence-corrected chi connectivity index (χ0v) is 15.9. The topological polar surface area (TPSA) is 77.7 Å². The van der Waals surface area contributed by atoms with Crippen molar-refractivity contribution in [3.8, 4) is 5.75 Å². The largest absolute Gasteiger partial charge is 0.496 e. The lowest BCUT2D eigenvalue weighted by Gasteiger charge is -2.11. The number of hydrogen-bond donors (Lipinski definition) is 1. The van der Waals surface area contributed by atoms with Gasteiger partial charge in [-0.05, 0) is 30.7 Å². The number of anilines is 1. The van der Waals surface area contributed by atoms with Crippen LogP contribution in [0.5, 0.6) is 5.75 Å². The number of aromatic nitrogens is 2. The van der Waals surface area contributed by atoms with E-state index in [1.807, 2.05) is 53.1 Å². The van der Waals surface area contributed by atoms with E-state index >= 15 is 0 Å². The number of benzene rings is 2. The van der Waals surface area contributed by atoms with E-state index in [1.54, 1.807) is 7.11 Å². The molecular weight excluding hydrogens is 356 g/mol. The van der Waals surface area contributed by atoms with E-state index in [0.29, 0.717) is 23.8 Å². The van der Waals surface area contributed by atoms with Crippen molar-refractivity contribution < 1.29 is 14.4 Å². The fourth-order valence-electron chi connectivity index (χ4n) is 3.37. The minimum absolute atomic E-state index is 0.263. The molecule has 7 nitrogen and oxygen atoms in total. The summed E-state index contributed by atoms with van der Waals surface area (Å²) in [5, 5.41) is 7.02. The standard InChI is InChI=1S/C21H22N4O3/c1-3-12-25-17-10-6-5-9-15(17)22-21(25)23-20(26)19-13-16(24-28-19)14-8-4-7-11-18(14)27-2/h4-11,19H,3,12-13H2,1-2H3,(H,22,23,26). The van der Waals surface area contributed by atoms with E-state index in [-0.39, 0.29) is 5.91 Å². The first-order valence-corrected chi connectivity index (χ1v) is 9.33. The molecule has 3 aromatic rings. The first-order chi connectivity index (χ1) is 13.7. The number of aryl methyl sites for hydroxylation is 1. The predicted octanol–water partition coefficient (Wildman–Crippen LogP) is 3.59. The van der Waals surface area contributed by atoms with E-state index in [2.05, 4.69) is 22.4 Å². The summed E-state index contributed by atoms with van der Waals surface area (Å²) in [5.74, 6) is 0.972. The predicted molar refractivity (Wildman–Crippen MR) is 108 cm³/mol. The molecular formula is C21H22N4O3. The lowest BCUT2D eigenvalue weighted by molar-refractivity contribution is -0.125. The Kier molecular flexibility index (Phi) is 4.97. The van der Waals surface area contributed by atoms with E-state index in [0.717, 1.165) is 29.6 Å². The summed E-state index contributed by atoms with van der Waals surface area (Å²) in [6, 6.07) is 15.4. The molecule has 1 aliphatic heterocycles. The van der Waals surface area contributed by atoms with E-state index in [9.17, 15) is 4.79 Å². The molecule has 2 aromatic carbocycles. The highest BCUT2D eigenvalue weighted by Gasteiger charge is 2.31. The molecule has 1 atom stereocenters. The van der Waals surface area contributed by atoms with Gasteiger partial charge in [-0.25, -0.2) is 4.98 Å². The first-order valence-electron chi connectivity index (χ1n) is 9.33. The van der Waals surface area contributed by atoms with Crippen LogP contribution in [0.3, 0.4) is 0 Å². The lowest BCUT2D eigenvalue weighted by Crippen LogP contribution is -2.29. The summed E-state index contributed by atoms with van der Waals surface area (Å²) >= 11 is 0. The molecule has 7 heteroatoms. The van der Waals surface area contributed by atoms with Gasteiger partial charge in [-0.1, -0.05) is 36.3 Å². The van der Waals surface area contributed by atoms with Crippen LogP contribution in [-0.4, -0.2) is 34.4 Å². The highest BCUT2D eigenvalue weighted by Crippen LogP contribution is 2.26. The van der Waals surface area contributed by atoms with Gasteiger partial charge >= 0.3 is 0 Å². The van der Waals surface area contributed by atoms with Gasteiger partial charge in [0.2, 0.25) is 12.1 Å². The fraction of sp³-hybridized carbons (Fsp3) is 0.286. The first kappa shape index (κ1) is 18.0. The van der Waals surface area contributed by atoms with Crippen LogP contribution in [0.4, 0.5) is 5.95 Å². The summed E-state index contributed by atoms with van der Waals surface area (Å²) in [7, 11) is 1.61. The van der Waals surface area contributed by atoms with Crippen molar-refractivity contribution in [3.63, 3.8) is 0 Å². The summed E-state index contributed by atoms with van der Waals surface area (Å²) in [4.78, 5) is 22.8. The molecule has 1 unspecified atom stereocenters. The van der Waals surface area contributed by atoms with Crippen LogP contribution >= 0.6 is 0 Å². The van der Waals surface area contributed by atoms with Crippen LogP contribution in [-0.2, 0) is 16.2 Å². The monoisotopic (exact) mass is 378 g/mol. The zero-order valence-electron chi connectivity index (χ0n) is 15.9. The number of nitrogens with zero attached hydrogens (tertiary/aromatic N) is 3.